The molecule has 0 saturated carbocycles. The van der Waals surface area contributed by atoms with Gasteiger partial charge in [0.1, 0.15) is 0 Å². The van der Waals surface area contributed by atoms with Crippen LogP contribution in [0.5, 0.6) is 0 Å². The Morgan fingerprint density at radius 3 is 3.20 bits per heavy atom. The fourth-order valence-electron chi connectivity index (χ4n) is 1.89. The van der Waals surface area contributed by atoms with E-state index in [2.05, 4.69) is 21.6 Å². The molecule has 0 saturated heterocycles. The smallest absolute Gasteiger partial charge is 0.305 e. The molecule has 2 heterocycles. The average Bonchev–Trinajstić information content (AvgIpc) is 3.09. The quantitative estimate of drug-likeness (QED) is 0.580. The first-order valence-electron chi connectivity index (χ1n) is 6.73. The summed E-state index contributed by atoms with van der Waals surface area (Å²) in [4.78, 5) is 12.4. The molecule has 0 radical (unpaired) electrons. The SMILES string of the molecule is CCOC(=O)CCCNCc1cn[nH]c1-c1cccs1. The maximum absolute atomic E-state index is 11.2. The second kappa shape index (κ2) is 7.81. The Labute approximate surface area is 122 Å². The summed E-state index contributed by atoms with van der Waals surface area (Å²) in [6, 6.07) is 4.10. The fourth-order valence-corrected chi connectivity index (χ4v) is 2.65. The van der Waals surface area contributed by atoms with Crippen molar-refractivity contribution in [2.24, 2.45) is 0 Å². The molecule has 20 heavy (non-hydrogen) atoms. The molecule has 2 aromatic rings. The molecule has 2 N–H and O–H groups in total. The zero-order chi connectivity index (χ0) is 14.2. The Morgan fingerprint density at radius 2 is 2.45 bits per heavy atom. The fraction of sp³-hybridized carbons (Fsp3) is 0.429. The lowest BCUT2D eigenvalue weighted by atomic mass is 10.2. The van der Waals surface area contributed by atoms with E-state index in [1.54, 1.807) is 11.3 Å². The highest BCUT2D eigenvalue weighted by Crippen LogP contribution is 2.25. The van der Waals surface area contributed by atoms with Crippen LogP contribution in [0.3, 0.4) is 0 Å². The van der Waals surface area contributed by atoms with Crippen LogP contribution in [0.4, 0.5) is 0 Å². The summed E-state index contributed by atoms with van der Waals surface area (Å²) in [5, 5.41) is 12.5. The van der Waals surface area contributed by atoms with E-state index in [0.29, 0.717) is 13.0 Å². The molecule has 0 fully saturated rings. The summed E-state index contributed by atoms with van der Waals surface area (Å²) in [7, 11) is 0. The van der Waals surface area contributed by atoms with Crippen molar-refractivity contribution in [2.45, 2.75) is 26.3 Å². The van der Waals surface area contributed by atoms with Crippen molar-refractivity contribution < 1.29 is 9.53 Å². The third-order valence-corrected chi connectivity index (χ3v) is 3.73. The minimum atomic E-state index is -0.128. The van der Waals surface area contributed by atoms with Crippen LogP contribution in [0.1, 0.15) is 25.3 Å². The average molecular weight is 293 g/mol. The molecule has 0 amide bonds. The van der Waals surface area contributed by atoms with E-state index in [0.717, 1.165) is 30.8 Å². The third-order valence-electron chi connectivity index (χ3n) is 2.84. The molecule has 0 unspecified atom stereocenters. The summed E-state index contributed by atoms with van der Waals surface area (Å²) >= 11 is 1.69. The van der Waals surface area contributed by atoms with Crippen LogP contribution < -0.4 is 5.32 Å². The lowest BCUT2D eigenvalue weighted by Gasteiger charge is -2.05. The molecule has 2 aromatic heterocycles. The Hall–Kier alpha value is -1.66. The van der Waals surface area contributed by atoms with Crippen molar-refractivity contribution in [3.8, 4) is 10.6 Å². The van der Waals surface area contributed by atoms with Gasteiger partial charge < -0.3 is 10.1 Å². The Bertz CT molecular complexity index is 522. The van der Waals surface area contributed by atoms with Crippen LogP contribution in [0.25, 0.3) is 10.6 Å². The van der Waals surface area contributed by atoms with Gasteiger partial charge in [-0.15, -0.1) is 11.3 Å². The van der Waals surface area contributed by atoms with Gasteiger partial charge in [-0.25, -0.2) is 0 Å². The van der Waals surface area contributed by atoms with Gasteiger partial charge in [-0.3, -0.25) is 9.89 Å². The molecule has 0 bridgehead atoms. The molecule has 0 aromatic carbocycles. The van der Waals surface area contributed by atoms with Crippen molar-refractivity contribution in [3.05, 3.63) is 29.3 Å². The molecule has 2 rings (SSSR count). The van der Waals surface area contributed by atoms with E-state index in [9.17, 15) is 4.79 Å². The number of H-pyrrole nitrogens is 1. The zero-order valence-corrected chi connectivity index (χ0v) is 12.3. The van der Waals surface area contributed by atoms with Gasteiger partial charge in [-0.05, 0) is 31.3 Å². The number of rotatable bonds is 8. The first kappa shape index (κ1) is 14.7. The molecule has 6 heteroatoms. The minimum absolute atomic E-state index is 0.128. The highest BCUT2D eigenvalue weighted by atomic mass is 32.1. The number of nitrogens with one attached hydrogen (secondary N) is 2. The monoisotopic (exact) mass is 293 g/mol. The van der Waals surface area contributed by atoms with Gasteiger partial charge in [0.2, 0.25) is 0 Å². The van der Waals surface area contributed by atoms with Gasteiger partial charge in [0.05, 0.1) is 23.4 Å². The van der Waals surface area contributed by atoms with Crippen LogP contribution in [0.2, 0.25) is 0 Å². The molecule has 0 atom stereocenters. The molecule has 0 aliphatic heterocycles. The number of aromatic nitrogens is 2. The number of esters is 1. The van der Waals surface area contributed by atoms with Crippen molar-refractivity contribution in [1.29, 1.82) is 0 Å². The van der Waals surface area contributed by atoms with Gasteiger partial charge in [-0.1, -0.05) is 6.07 Å². The Balaban J connectivity index is 1.73. The second-order valence-corrected chi connectivity index (χ2v) is 5.28. The summed E-state index contributed by atoms with van der Waals surface area (Å²) in [5.41, 5.74) is 2.21. The molecule has 108 valence electrons. The predicted octanol–water partition coefficient (Wildman–Crippen LogP) is 2.57. The van der Waals surface area contributed by atoms with Gasteiger partial charge >= 0.3 is 5.97 Å². The van der Waals surface area contributed by atoms with Gasteiger partial charge in [0.15, 0.2) is 0 Å². The van der Waals surface area contributed by atoms with Crippen LogP contribution in [-0.4, -0.2) is 29.3 Å². The van der Waals surface area contributed by atoms with Crippen LogP contribution in [-0.2, 0) is 16.1 Å². The molecule has 0 aliphatic rings. The first-order chi connectivity index (χ1) is 9.81. The number of aromatic amines is 1. The summed E-state index contributed by atoms with van der Waals surface area (Å²) in [6.45, 7) is 3.80. The number of carbonyl (C=O) groups is 1. The highest BCUT2D eigenvalue weighted by Gasteiger charge is 2.08. The van der Waals surface area contributed by atoms with E-state index >= 15 is 0 Å². The number of hydrogen-bond acceptors (Lipinski definition) is 5. The van der Waals surface area contributed by atoms with Crippen molar-refractivity contribution in [1.82, 2.24) is 15.5 Å². The molecule has 5 nitrogen and oxygen atoms in total. The van der Waals surface area contributed by atoms with Crippen LogP contribution in [0, 0.1) is 0 Å². The lowest BCUT2D eigenvalue weighted by Crippen LogP contribution is -2.16. The van der Waals surface area contributed by atoms with Crippen molar-refractivity contribution in [2.75, 3.05) is 13.2 Å². The first-order valence-corrected chi connectivity index (χ1v) is 7.61. The summed E-state index contributed by atoms with van der Waals surface area (Å²) in [6.07, 6.45) is 3.09. The van der Waals surface area contributed by atoms with Crippen LogP contribution in [0.15, 0.2) is 23.7 Å². The Kier molecular flexibility index (Phi) is 5.76. The topological polar surface area (TPSA) is 67.0 Å². The predicted molar refractivity (Wildman–Crippen MR) is 79.5 cm³/mol. The number of ether oxygens (including phenoxy) is 1. The third kappa shape index (κ3) is 4.18. The molecular formula is C14H19N3O2S. The highest BCUT2D eigenvalue weighted by molar-refractivity contribution is 7.13. The van der Waals surface area contributed by atoms with E-state index in [1.165, 1.54) is 4.88 Å². The number of hydrogen-bond donors (Lipinski definition) is 2. The largest absolute Gasteiger partial charge is 0.466 e. The normalized spacial score (nSPS) is 10.7. The van der Waals surface area contributed by atoms with E-state index < -0.39 is 0 Å². The van der Waals surface area contributed by atoms with E-state index in [1.807, 2.05) is 24.6 Å². The summed E-state index contributed by atoms with van der Waals surface area (Å²) < 4.78 is 4.88. The lowest BCUT2D eigenvalue weighted by molar-refractivity contribution is -0.143. The number of nitrogens with zero attached hydrogens (tertiary/aromatic N) is 1. The maximum Gasteiger partial charge on any atom is 0.305 e. The second-order valence-electron chi connectivity index (χ2n) is 4.33. The van der Waals surface area contributed by atoms with E-state index in [4.69, 9.17) is 4.74 Å². The maximum atomic E-state index is 11.2. The van der Waals surface area contributed by atoms with Crippen molar-refractivity contribution in [3.63, 3.8) is 0 Å². The number of thiophene rings is 1. The number of carbonyl (C=O) groups excluding carboxylic acids is 1. The summed E-state index contributed by atoms with van der Waals surface area (Å²) in [5.74, 6) is -0.128. The van der Waals surface area contributed by atoms with Gasteiger partial charge in [0, 0.05) is 18.5 Å². The molecule has 0 spiro atoms. The molecular weight excluding hydrogens is 274 g/mol. The minimum Gasteiger partial charge on any atom is -0.466 e. The van der Waals surface area contributed by atoms with Crippen molar-refractivity contribution >= 4 is 17.3 Å². The van der Waals surface area contributed by atoms with Gasteiger partial charge in [0.25, 0.3) is 0 Å². The van der Waals surface area contributed by atoms with Crippen LogP contribution >= 0.6 is 11.3 Å². The van der Waals surface area contributed by atoms with Gasteiger partial charge in [-0.2, -0.15) is 5.10 Å². The molecule has 0 aliphatic carbocycles. The Morgan fingerprint density at radius 1 is 1.55 bits per heavy atom. The van der Waals surface area contributed by atoms with E-state index in [-0.39, 0.29) is 5.97 Å². The zero-order valence-electron chi connectivity index (χ0n) is 11.5. The standard InChI is InChI=1S/C14H19N3O2S/c1-2-19-13(18)6-3-7-15-9-11-10-16-17-14(11)12-5-4-8-20-12/h4-5,8,10,15H,2-3,6-7,9H2,1H3,(H,16,17).